The van der Waals surface area contributed by atoms with Gasteiger partial charge < -0.3 is 31.5 Å². The number of nitrogens with one attached hydrogen (secondary N) is 4. The van der Waals surface area contributed by atoms with Gasteiger partial charge in [-0.1, -0.05) is 54.6 Å². The Kier molecular flexibility index (Phi) is 12.2. The zero-order valence-electron chi connectivity index (χ0n) is 23.5. The van der Waals surface area contributed by atoms with Gasteiger partial charge in [-0.25, -0.2) is 13.2 Å². The maximum absolute atomic E-state index is 13.5. The van der Waals surface area contributed by atoms with Crippen molar-refractivity contribution in [2.24, 2.45) is 5.73 Å². The van der Waals surface area contributed by atoms with Crippen molar-refractivity contribution >= 4 is 27.7 Å². The lowest BCUT2D eigenvalue weighted by molar-refractivity contribution is -0.123. The SMILES string of the molecule is CN1CCN(C(=O)N[C@@H](CCCNC(=N)N)C(=O)N[C@H](/C=C/S(=O)(=O)c2ccccc2)CCc2ccccc2)CC1. The van der Waals surface area contributed by atoms with E-state index in [1.54, 1.807) is 23.1 Å². The number of rotatable bonds is 13. The fraction of sp³-hybridized carbons (Fsp3) is 0.414. The Balaban J connectivity index is 1.75. The van der Waals surface area contributed by atoms with Crippen LogP contribution in [0.3, 0.4) is 0 Å². The van der Waals surface area contributed by atoms with Gasteiger partial charge in [-0.3, -0.25) is 10.2 Å². The maximum atomic E-state index is 13.5. The van der Waals surface area contributed by atoms with Crippen molar-refractivity contribution in [3.8, 4) is 0 Å². The van der Waals surface area contributed by atoms with E-state index in [2.05, 4.69) is 20.9 Å². The Morgan fingerprint density at radius 1 is 0.976 bits per heavy atom. The molecule has 0 spiro atoms. The molecule has 0 aromatic heterocycles. The molecule has 1 heterocycles. The van der Waals surface area contributed by atoms with Crippen LogP contribution in [-0.4, -0.2) is 88.0 Å². The van der Waals surface area contributed by atoms with Crippen molar-refractivity contribution in [2.75, 3.05) is 39.8 Å². The van der Waals surface area contributed by atoms with Gasteiger partial charge in [0, 0.05) is 44.2 Å². The van der Waals surface area contributed by atoms with Crippen molar-refractivity contribution in [1.82, 2.24) is 25.8 Å². The number of benzene rings is 2. The largest absolute Gasteiger partial charge is 0.370 e. The molecule has 2 atom stereocenters. The number of hydrogen-bond donors (Lipinski definition) is 5. The summed E-state index contributed by atoms with van der Waals surface area (Å²) in [5.41, 5.74) is 6.43. The molecule has 1 fully saturated rings. The molecule has 11 nitrogen and oxygen atoms in total. The number of hydrogen-bond acceptors (Lipinski definition) is 6. The minimum Gasteiger partial charge on any atom is -0.370 e. The number of carbonyl (C=O) groups excluding carboxylic acids is 2. The normalized spacial score (nSPS) is 15.7. The lowest BCUT2D eigenvalue weighted by Crippen LogP contribution is -2.56. The summed E-state index contributed by atoms with van der Waals surface area (Å²) < 4.78 is 25.8. The molecule has 3 rings (SSSR count). The third kappa shape index (κ3) is 10.9. The van der Waals surface area contributed by atoms with Crippen LogP contribution >= 0.6 is 0 Å². The van der Waals surface area contributed by atoms with Crippen molar-refractivity contribution < 1.29 is 18.0 Å². The van der Waals surface area contributed by atoms with E-state index in [0.717, 1.165) is 24.1 Å². The first-order valence-corrected chi connectivity index (χ1v) is 15.3. The van der Waals surface area contributed by atoms with Crippen LogP contribution < -0.4 is 21.7 Å². The van der Waals surface area contributed by atoms with Gasteiger partial charge in [0.2, 0.25) is 5.91 Å². The fourth-order valence-corrected chi connectivity index (χ4v) is 5.49. The molecule has 2 aromatic carbocycles. The lowest BCUT2D eigenvalue weighted by atomic mass is 10.0. The molecular formula is C29H41N7O4S. The number of piperazine rings is 1. The van der Waals surface area contributed by atoms with Gasteiger partial charge in [-0.05, 0) is 50.4 Å². The number of carbonyl (C=O) groups is 2. The standard InChI is InChI=1S/C29H41N7O4S/c1-35-18-20-36(21-19-35)29(38)34-26(13-8-17-32-28(30)31)27(37)33-24(15-14-23-9-4-2-5-10-23)16-22-41(39,40)25-11-6-3-7-12-25/h2-7,9-12,16,22,24,26H,8,13-15,17-21H2,1H3,(H,33,37)(H,34,38)(H4,30,31,32)/b22-16+/t24-,26-/m0/s1. The Bertz CT molecular complexity index is 1260. The van der Waals surface area contributed by atoms with Crippen molar-refractivity contribution in [2.45, 2.75) is 42.7 Å². The number of sulfone groups is 1. The molecule has 1 aliphatic rings. The summed E-state index contributed by atoms with van der Waals surface area (Å²) in [6.07, 6.45) is 3.36. The molecule has 1 saturated heterocycles. The molecule has 12 heteroatoms. The quantitative estimate of drug-likeness (QED) is 0.136. The van der Waals surface area contributed by atoms with Gasteiger partial charge in [0.1, 0.15) is 6.04 Å². The minimum atomic E-state index is -3.71. The third-order valence-electron chi connectivity index (χ3n) is 6.87. The molecule has 3 amide bonds. The Labute approximate surface area is 242 Å². The zero-order chi connectivity index (χ0) is 29.7. The van der Waals surface area contributed by atoms with Crippen molar-refractivity contribution in [1.29, 1.82) is 5.41 Å². The van der Waals surface area contributed by atoms with E-state index in [-0.39, 0.29) is 16.9 Å². The van der Waals surface area contributed by atoms with Crippen molar-refractivity contribution in [3.63, 3.8) is 0 Å². The molecule has 6 N–H and O–H groups in total. The third-order valence-corrected chi connectivity index (χ3v) is 8.31. The topological polar surface area (TPSA) is 161 Å². The maximum Gasteiger partial charge on any atom is 0.318 e. The number of nitrogens with two attached hydrogens (primary N) is 1. The number of urea groups is 1. The van der Waals surface area contributed by atoms with Crippen LogP contribution in [-0.2, 0) is 21.1 Å². The molecular weight excluding hydrogens is 542 g/mol. The molecule has 1 aliphatic heterocycles. The highest BCUT2D eigenvalue weighted by molar-refractivity contribution is 7.94. The fourth-order valence-electron chi connectivity index (χ4n) is 4.40. The highest BCUT2D eigenvalue weighted by Crippen LogP contribution is 2.14. The second kappa shape index (κ2) is 15.8. The van der Waals surface area contributed by atoms with Gasteiger partial charge >= 0.3 is 6.03 Å². The van der Waals surface area contributed by atoms with E-state index in [1.807, 2.05) is 37.4 Å². The summed E-state index contributed by atoms with van der Waals surface area (Å²) >= 11 is 0. The molecule has 222 valence electrons. The van der Waals surface area contributed by atoms with Gasteiger partial charge in [0.15, 0.2) is 15.8 Å². The van der Waals surface area contributed by atoms with Crippen molar-refractivity contribution in [3.05, 3.63) is 77.7 Å². The molecule has 0 saturated carbocycles. The first-order valence-electron chi connectivity index (χ1n) is 13.8. The van der Waals surface area contributed by atoms with Gasteiger partial charge in [0.25, 0.3) is 0 Å². The van der Waals surface area contributed by atoms with Gasteiger partial charge in [-0.15, -0.1) is 0 Å². The number of amides is 3. The highest BCUT2D eigenvalue weighted by Gasteiger charge is 2.26. The van der Waals surface area contributed by atoms with Crippen LogP contribution in [0, 0.1) is 5.41 Å². The summed E-state index contributed by atoms with van der Waals surface area (Å²) in [6.45, 7) is 2.98. The first kappa shape index (κ1) is 31.6. The molecule has 0 unspecified atom stereocenters. The van der Waals surface area contributed by atoms with Crippen LogP contribution in [0.2, 0.25) is 0 Å². The average Bonchev–Trinajstić information content (AvgIpc) is 2.97. The minimum absolute atomic E-state index is 0.166. The number of nitrogens with zero attached hydrogens (tertiary/aromatic N) is 2. The monoisotopic (exact) mass is 583 g/mol. The van der Waals surface area contributed by atoms with E-state index < -0.39 is 27.8 Å². The summed E-state index contributed by atoms with van der Waals surface area (Å²) in [4.78, 5) is 30.5. The zero-order valence-corrected chi connectivity index (χ0v) is 24.3. The Hall–Kier alpha value is -3.90. The van der Waals surface area contributed by atoms with Gasteiger partial charge in [-0.2, -0.15) is 0 Å². The smallest absolute Gasteiger partial charge is 0.318 e. The van der Waals surface area contributed by atoms with E-state index >= 15 is 0 Å². The highest BCUT2D eigenvalue weighted by atomic mass is 32.2. The Morgan fingerprint density at radius 3 is 2.24 bits per heavy atom. The van der Waals surface area contributed by atoms with Crippen LogP contribution in [0.15, 0.2) is 77.0 Å². The predicted octanol–water partition coefficient (Wildman–Crippen LogP) is 1.68. The molecule has 41 heavy (non-hydrogen) atoms. The van der Waals surface area contributed by atoms with Crippen LogP contribution in [0.25, 0.3) is 0 Å². The number of guanidine groups is 1. The number of aryl methyl sites for hydroxylation is 1. The lowest BCUT2D eigenvalue weighted by Gasteiger charge is -2.33. The summed E-state index contributed by atoms with van der Waals surface area (Å²) in [7, 11) is -1.72. The average molecular weight is 584 g/mol. The van der Waals surface area contributed by atoms with Crippen LogP contribution in [0.4, 0.5) is 4.79 Å². The molecule has 0 bridgehead atoms. The second-order valence-electron chi connectivity index (χ2n) is 10.1. The summed E-state index contributed by atoms with van der Waals surface area (Å²) in [6, 6.07) is 16.1. The molecule has 0 aliphatic carbocycles. The molecule has 0 radical (unpaired) electrons. The van der Waals surface area contributed by atoms with E-state index in [4.69, 9.17) is 11.1 Å². The second-order valence-corrected chi connectivity index (χ2v) is 11.9. The van der Waals surface area contributed by atoms with E-state index in [1.165, 1.54) is 18.2 Å². The van der Waals surface area contributed by atoms with E-state index in [0.29, 0.717) is 45.3 Å². The predicted molar refractivity (Wildman–Crippen MR) is 160 cm³/mol. The van der Waals surface area contributed by atoms with E-state index in [9.17, 15) is 18.0 Å². The summed E-state index contributed by atoms with van der Waals surface area (Å²) in [5, 5.41) is 17.0. The first-order chi connectivity index (χ1) is 19.6. The molecule has 2 aromatic rings. The van der Waals surface area contributed by atoms with Gasteiger partial charge in [0.05, 0.1) is 4.90 Å². The Morgan fingerprint density at radius 2 is 1.61 bits per heavy atom. The van der Waals surface area contributed by atoms with Crippen LogP contribution in [0.5, 0.6) is 0 Å². The number of likely N-dealkylation sites (N-methyl/N-ethyl adjacent to an activating group) is 1. The van der Waals surface area contributed by atoms with Crippen LogP contribution in [0.1, 0.15) is 24.8 Å². The summed E-state index contributed by atoms with van der Waals surface area (Å²) in [5.74, 6) is -0.576.